The third-order valence-corrected chi connectivity index (χ3v) is 8.06. The summed E-state index contributed by atoms with van der Waals surface area (Å²) >= 11 is 0. The molecule has 3 N–H and O–H groups in total. The summed E-state index contributed by atoms with van der Waals surface area (Å²) in [5, 5.41) is 12.6. The quantitative estimate of drug-likeness (QED) is 0.245. The number of amides is 1. The van der Waals surface area contributed by atoms with Crippen LogP contribution >= 0.6 is 0 Å². The average molecular weight is 504 g/mol. The van der Waals surface area contributed by atoms with Gasteiger partial charge in [0, 0.05) is 39.2 Å². The van der Waals surface area contributed by atoms with Crippen molar-refractivity contribution in [3.63, 3.8) is 0 Å². The van der Waals surface area contributed by atoms with E-state index in [0.717, 1.165) is 28.7 Å². The largest absolute Gasteiger partial charge is 0.493 e. The van der Waals surface area contributed by atoms with Crippen LogP contribution in [0.25, 0.3) is 11.1 Å². The van der Waals surface area contributed by atoms with Crippen molar-refractivity contribution < 1.29 is 22.7 Å². The second kappa shape index (κ2) is 12.7. The molecule has 2 aromatic carbocycles. The zero-order valence-electron chi connectivity index (χ0n) is 21.2. The van der Waals surface area contributed by atoms with E-state index in [1.165, 1.54) is 0 Å². The Balaban J connectivity index is 2.29. The van der Waals surface area contributed by atoms with Gasteiger partial charge in [-0.1, -0.05) is 30.3 Å². The van der Waals surface area contributed by atoms with Crippen LogP contribution in [0.2, 0.25) is 0 Å². The lowest BCUT2D eigenvalue weighted by molar-refractivity contribution is -0.119. The number of ether oxygens (including phenoxy) is 2. The SMILES string of the molecule is CNC(=N)NC(=O)CCc1ccc(-c2cccc(CS(=O)(=O)C(C)(C)C)c2)c(OCCCOC)c1. The molecule has 0 fully saturated rings. The van der Waals surface area contributed by atoms with E-state index in [4.69, 9.17) is 14.9 Å². The minimum absolute atomic E-state index is 0.0385. The Morgan fingerprint density at radius 2 is 1.80 bits per heavy atom. The number of aryl methyl sites for hydroxylation is 1. The van der Waals surface area contributed by atoms with Gasteiger partial charge in [-0.2, -0.15) is 0 Å². The zero-order valence-corrected chi connectivity index (χ0v) is 22.1. The number of carbonyl (C=O) groups excluding carboxylic acids is 1. The maximum Gasteiger partial charge on any atom is 0.226 e. The first-order valence-corrected chi connectivity index (χ1v) is 13.2. The van der Waals surface area contributed by atoms with Crippen LogP contribution in [-0.2, 0) is 31.5 Å². The fraction of sp³-hybridized carbons (Fsp3) is 0.462. The van der Waals surface area contributed by atoms with Crippen LogP contribution in [0, 0.1) is 5.41 Å². The summed E-state index contributed by atoms with van der Waals surface area (Å²) in [5.41, 5.74) is 3.35. The molecule has 0 atom stereocenters. The molecule has 2 aromatic rings. The fourth-order valence-electron chi connectivity index (χ4n) is 3.25. The lowest BCUT2D eigenvalue weighted by Gasteiger charge is -2.19. The molecule has 0 aliphatic heterocycles. The number of nitrogens with one attached hydrogen (secondary N) is 3. The van der Waals surface area contributed by atoms with Crippen LogP contribution in [0.3, 0.4) is 0 Å². The molecule has 0 aliphatic rings. The first-order valence-electron chi connectivity index (χ1n) is 11.6. The summed E-state index contributed by atoms with van der Waals surface area (Å²) < 4.78 is 35.8. The molecule has 0 saturated carbocycles. The van der Waals surface area contributed by atoms with Gasteiger partial charge in [0.2, 0.25) is 5.91 Å². The standard InChI is InChI=1S/C26H37N3O5S/c1-26(2,3)35(31,32)18-20-8-6-9-21(16-20)22-12-10-19(11-13-24(30)29-25(27)28-4)17-23(22)34-15-7-14-33-5/h6,8-10,12,16-17H,7,11,13-15,18H2,1-5H3,(H3,27,28,29,30). The van der Waals surface area contributed by atoms with Crippen molar-refractivity contribution in [1.82, 2.24) is 10.6 Å². The number of hydrogen-bond donors (Lipinski definition) is 3. The number of sulfone groups is 1. The Morgan fingerprint density at radius 1 is 1.06 bits per heavy atom. The highest BCUT2D eigenvalue weighted by atomic mass is 32.2. The number of carbonyl (C=O) groups is 1. The summed E-state index contributed by atoms with van der Waals surface area (Å²) in [6.07, 6.45) is 1.44. The summed E-state index contributed by atoms with van der Waals surface area (Å²) in [6, 6.07) is 13.3. The zero-order chi connectivity index (χ0) is 26.1. The van der Waals surface area contributed by atoms with Crippen LogP contribution in [0.1, 0.15) is 44.7 Å². The average Bonchev–Trinajstić information content (AvgIpc) is 2.79. The molecule has 0 aromatic heterocycles. The van der Waals surface area contributed by atoms with E-state index in [0.29, 0.717) is 25.4 Å². The van der Waals surface area contributed by atoms with Crippen molar-refractivity contribution in [3.05, 3.63) is 53.6 Å². The van der Waals surface area contributed by atoms with E-state index < -0.39 is 14.6 Å². The number of rotatable bonds is 11. The molecule has 0 radical (unpaired) electrons. The van der Waals surface area contributed by atoms with Crippen LogP contribution < -0.4 is 15.4 Å². The Bertz CT molecular complexity index is 1120. The summed E-state index contributed by atoms with van der Waals surface area (Å²) in [7, 11) is -0.103. The molecular weight excluding hydrogens is 466 g/mol. The van der Waals surface area contributed by atoms with Gasteiger partial charge in [0.1, 0.15) is 5.75 Å². The number of hydrogen-bond acceptors (Lipinski definition) is 6. The van der Waals surface area contributed by atoms with Crippen molar-refractivity contribution in [2.75, 3.05) is 27.4 Å². The van der Waals surface area contributed by atoms with E-state index in [1.54, 1.807) is 34.9 Å². The van der Waals surface area contributed by atoms with E-state index >= 15 is 0 Å². The third-order valence-electron chi connectivity index (χ3n) is 5.48. The molecule has 0 aliphatic carbocycles. The van der Waals surface area contributed by atoms with Crippen LogP contribution in [0.4, 0.5) is 0 Å². The van der Waals surface area contributed by atoms with Gasteiger partial charge in [0.05, 0.1) is 17.1 Å². The molecule has 0 unspecified atom stereocenters. The first kappa shape index (κ1) is 28.3. The van der Waals surface area contributed by atoms with Crippen LogP contribution in [-0.4, -0.2) is 52.4 Å². The maximum absolute atomic E-state index is 12.7. The van der Waals surface area contributed by atoms with Crippen LogP contribution in [0.15, 0.2) is 42.5 Å². The smallest absolute Gasteiger partial charge is 0.226 e. The van der Waals surface area contributed by atoms with E-state index in [-0.39, 0.29) is 24.0 Å². The number of methoxy groups -OCH3 is 1. The lowest BCUT2D eigenvalue weighted by Crippen LogP contribution is -2.38. The van der Waals surface area contributed by atoms with Gasteiger partial charge in [0.25, 0.3) is 0 Å². The molecule has 8 nitrogen and oxygen atoms in total. The summed E-state index contributed by atoms with van der Waals surface area (Å²) in [6.45, 7) is 6.16. The third kappa shape index (κ3) is 8.67. The molecule has 9 heteroatoms. The number of benzene rings is 2. The highest BCUT2D eigenvalue weighted by Gasteiger charge is 2.29. The van der Waals surface area contributed by atoms with Gasteiger partial charge in [0.15, 0.2) is 15.8 Å². The highest BCUT2D eigenvalue weighted by molar-refractivity contribution is 7.91. The molecular formula is C26H37N3O5S. The van der Waals surface area contributed by atoms with Crippen molar-refractivity contribution >= 4 is 21.7 Å². The topological polar surface area (TPSA) is 118 Å². The van der Waals surface area contributed by atoms with Crippen molar-refractivity contribution in [3.8, 4) is 16.9 Å². The second-order valence-corrected chi connectivity index (χ2v) is 12.0. The normalized spacial score (nSPS) is 11.7. The molecule has 1 amide bonds. The van der Waals surface area contributed by atoms with Gasteiger partial charge in [-0.3, -0.25) is 15.5 Å². The maximum atomic E-state index is 12.7. The van der Waals surface area contributed by atoms with E-state index in [1.807, 2.05) is 42.5 Å². The molecule has 2 rings (SSSR count). The highest BCUT2D eigenvalue weighted by Crippen LogP contribution is 2.33. The fourth-order valence-corrected chi connectivity index (χ4v) is 4.30. The van der Waals surface area contributed by atoms with Gasteiger partial charge in [-0.15, -0.1) is 0 Å². The van der Waals surface area contributed by atoms with Gasteiger partial charge in [-0.25, -0.2) is 8.42 Å². The summed E-state index contributed by atoms with van der Waals surface area (Å²) in [4.78, 5) is 12.0. The molecule has 192 valence electrons. The predicted molar refractivity (Wildman–Crippen MR) is 139 cm³/mol. The summed E-state index contributed by atoms with van der Waals surface area (Å²) in [5.74, 6) is 0.339. The van der Waals surface area contributed by atoms with E-state index in [2.05, 4.69) is 10.6 Å². The Kier molecular flexibility index (Phi) is 10.3. The lowest BCUT2D eigenvalue weighted by atomic mass is 9.99. The Morgan fingerprint density at radius 3 is 2.46 bits per heavy atom. The minimum Gasteiger partial charge on any atom is -0.493 e. The molecule has 0 saturated heterocycles. The minimum atomic E-state index is -3.32. The number of guanidine groups is 1. The molecule has 35 heavy (non-hydrogen) atoms. The Hall–Kier alpha value is -2.91. The first-order chi connectivity index (χ1) is 16.5. The van der Waals surface area contributed by atoms with Gasteiger partial charge in [-0.05, 0) is 56.0 Å². The molecule has 0 heterocycles. The monoisotopic (exact) mass is 503 g/mol. The van der Waals surface area contributed by atoms with Crippen molar-refractivity contribution in [1.29, 1.82) is 5.41 Å². The molecule has 0 bridgehead atoms. The van der Waals surface area contributed by atoms with E-state index in [9.17, 15) is 13.2 Å². The van der Waals surface area contributed by atoms with Gasteiger partial charge < -0.3 is 14.8 Å². The van der Waals surface area contributed by atoms with Crippen LogP contribution in [0.5, 0.6) is 5.75 Å². The van der Waals surface area contributed by atoms with Crippen molar-refractivity contribution in [2.45, 2.75) is 50.5 Å². The predicted octanol–water partition coefficient (Wildman–Crippen LogP) is 3.69. The molecule has 0 spiro atoms. The Labute approximate surface area is 208 Å². The van der Waals surface area contributed by atoms with Gasteiger partial charge >= 0.3 is 0 Å². The second-order valence-electron chi connectivity index (χ2n) is 9.27. The van der Waals surface area contributed by atoms with Crippen molar-refractivity contribution in [2.24, 2.45) is 0 Å².